The topological polar surface area (TPSA) is 150 Å². The molecular formula is C46H82N6O7Si. The fourth-order valence-corrected chi connectivity index (χ4v) is 9.71. The first-order chi connectivity index (χ1) is 28.2. The Balaban J connectivity index is 2.25. The van der Waals surface area contributed by atoms with Crippen molar-refractivity contribution in [2.24, 2.45) is 23.7 Å². The number of carbonyl (C=O) groups excluding carboxylic acids is 5. The molecule has 3 N–H and O–H groups in total. The van der Waals surface area contributed by atoms with Crippen molar-refractivity contribution >= 4 is 38.5 Å². The molecule has 342 valence electrons. The molecule has 1 heterocycles. The number of rotatable bonds is 24. The highest BCUT2D eigenvalue weighted by molar-refractivity contribution is 6.55. The molecule has 60 heavy (non-hydrogen) atoms. The lowest BCUT2D eigenvalue weighted by Crippen LogP contribution is -2.61. The van der Waals surface area contributed by atoms with Gasteiger partial charge in [0.15, 0.2) is 0 Å². The first kappa shape index (κ1) is 52.6. The molecule has 0 radical (unpaired) electrons. The molecule has 1 aliphatic rings. The molecule has 1 saturated heterocycles. The van der Waals surface area contributed by atoms with Crippen LogP contribution >= 0.6 is 0 Å². The molecule has 0 aliphatic carbocycles. The number of hydrogen-bond donors (Lipinski definition) is 3. The van der Waals surface area contributed by atoms with E-state index >= 15 is 0 Å². The van der Waals surface area contributed by atoms with Crippen LogP contribution in [0, 0.1) is 23.7 Å². The monoisotopic (exact) mass is 859 g/mol. The number of ether oxygens (including phenoxy) is 2. The van der Waals surface area contributed by atoms with Gasteiger partial charge >= 0.3 is 6.03 Å². The second-order valence-corrected chi connectivity index (χ2v) is 21.7. The van der Waals surface area contributed by atoms with Crippen LogP contribution in [-0.2, 0) is 28.7 Å². The molecule has 2 rings (SSSR count). The molecule has 14 heteroatoms. The predicted octanol–water partition coefficient (Wildman–Crippen LogP) is 5.90. The molecule has 13 nitrogen and oxygen atoms in total. The molecule has 6 amide bonds. The SMILES string of the molecule is CC[C@@H](C)[C@H]([C@H](CC(=O)N1CCC[C@@H]1[C@@H](OC)[C@H](C)C(=O)N[C@@H](C)[C@H](C)c1ccccc1)OC)N(C)C(=O)[C@H](NC(=O)[C@@H](C(C)C)N(C)C(=O)NCCC[SiH](C)C)C(C)C. The van der Waals surface area contributed by atoms with E-state index in [1.165, 1.54) is 4.90 Å². The van der Waals surface area contributed by atoms with Gasteiger partial charge in [0.25, 0.3) is 0 Å². The van der Waals surface area contributed by atoms with Crippen molar-refractivity contribution in [3.8, 4) is 0 Å². The highest BCUT2D eigenvalue weighted by atomic mass is 28.3. The van der Waals surface area contributed by atoms with Crippen LogP contribution in [0.15, 0.2) is 30.3 Å². The van der Waals surface area contributed by atoms with E-state index in [4.69, 9.17) is 9.47 Å². The van der Waals surface area contributed by atoms with E-state index in [0.717, 1.165) is 30.9 Å². The average molecular weight is 859 g/mol. The van der Waals surface area contributed by atoms with Crippen LogP contribution in [0.1, 0.15) is 106 Å². The average Bonchev–Trinajstić information content (AvgIpc) is 3.70. The zero-order valence-corrected chi connectivity index (χ0v) is 40.9. The van der Waals surface area contributed by atoms with Crippen molar-refractivity contribution in [2.75, 3.05) is 41.4 Å². The third kappa shape index (κ3) is 14.6. The number of urea groups is 1. The summed E-state index contributed by atoms with van der Waals surface area (Å²) in [6.45, 7) is 23.2. The van der Waals surface area contributed by atoms with Gasteiger partial charge in [-0.15, -0.1) is 0 Å². The summed E-state index contributed by atoms with van der Waals surface area (Å²) in [4.78, 5) is 74.5. The maximum Gasteiger partial charge on any atom is 0.317 e. The zero-order valence-electron chi connectivity index (χ0n) is 39.7. The van der Waals surface area contributed by atoms with Gasteiger partial charge in [-0.25, -0.2) is 4.79 Å². The van der Waals surface area contributed by atoms with E-state index in [1.807, 2.05) is 78.5 Å². The minimum Gasteiger partial charge on any atom is -0.379 e. The van der Waals surface area contributed by atoms with E-state index in [-0.39, 0.29) is 65.9 Å². The van der Waals surface area contributed by atoms with Crippen molar-refractivity contribution in [3.63, 3.8) is 0 Å². The van der Waals surface area contributed by atoms with Crippen LogP contribution in [0.4, 0.5) is 4.79 Å². The van der Waals surface area contributed by atoms with Gasteiger partial charge in [-0.1, -0.05) is 111 Å². The number of nitrogens with zero attached hydrogens (tertiary/aromatic N) is 3. The molecule has 1 aliphatic heterocycles. The molecule has 10 atom stereocenters. The quantitative estimate of drug-likeness (QED) is 0.0867. The Kier molecular flexibility index (Phi) is 22.3. The summed E-state index contributed by atoms with van der Waals surface area (Å²) in [5.74, 6) is -1.88. The summed E-state index contributed by atoms with van der Waals surface area (Å²) in [7, 11) is 5.77. The molecule has 0 bridgehead atoms. The largest absolute Gasteiger partial charge is 0.379 e. The second kappa shape index (κ2) is 25.4. The van der Waals surface area contributed by atoms with Crippen molar-refractivity contribution in [2.45, 2.75) is 162 Å². The highest BCUT2D eigenvalue weighted by Gasteiger charge is 2.43. The normalized spacial score (nSPS) is 18.8. The number of nitrogens with one attached hydrogen (secondary N) is 3. The molecular weight excluding hydrogens is 777 g/mol. The van der Waals surface area contributed by atoms with Crippen molar-refractivity contribution in [1.82, 2.24) is 30.7 Å². The summed E-state index contributed by atoms with van der Waals surface area (Å²) in [5.41, 5.74) is 1.14. The Morgan fingerprint density at radius 2 is 1.50 bits per heavy atom. The molecule has 1 fully saturated rings. The Bertz CT molecular complexity index is 1500. The number of hydrogen-bond acceptors (Lipinski definition) is 7. The number of methoxy groups -OCH3 is 2. The van der Waals surface area contributed by atoms with E-state index in [9.17, 15) is 24.0 Å². The van der Waals surface area contributed by atoms with Gasteiger partial charge in [0.2, 0.25) is 23.6 Å². The molecule has 0 aromatic heterocycles. The Labute approximate surface area is 364 Å². The van der Waals surface area contributed by atoms with Gasteiger partial charge in [-0.3, -0.25) is 19.2 Å². The molecule has 1 aromatic carbocycles. The first-order valence-corrected chi connectivity index (χ1v) is 25.6. The molecule has 0 unspecified atom stereocenters. The summed E-state index contributed by atoms with van der Waals surface area (Å²) in [6.07, 6.45) is 1.96. The van der Waals surface area contributed by atoms with Gasteiger partial charge < -0.3 is 40.1 Å². The van der Waals surface area contributed by atoms with E-state index in [1.54, 1.807) is 33.2 Å². The Morgan fingerprint density at radius 3 is 2.03 bits per heavy atom. The zero-order chi connectivity index (χ0) is 45.4. The third-order valence-electron chi connectivity index (χ3n) is 12.8. The van der Waals surface area contributed by atoms with Crippen LogP contribution in [0.2, 0.25) is 19.1 Å². The fourth-order valence-electron chi connectivity index (χ4n) is 8.69. The highest BCUT2D eigenvalue weighted by Crippen LogP contribution is 2.30. The smallest absolute Gasteiger partial charge is 0.317 e. The molecule has 0 spiro atoms. The summed E-state index contributed by atoms with van der Waals surface area (Å²) in [5, 5.41) is 9.16. The van der Waals surface area contributed by atoms with E-state index < -0.39 is 51.0 Å². The number of likely N-dealkylation sites (tertiary alicyclic amines) is 1. The van der Waals surface area contributed by atoms with Gasteiger partial charge in [0.05, 0.1) is 36.6 Å². The van der Waals surface area contributed by atoms with Crippen LogP contribution in [0.25, 0.3) is 0 Å². The Morgan fingerprint density at radius 1 is 0.867 bits per heavy atom. The van der Waals surface area contributed by atoms with Crippen molar-refractivity contribution < 1.29 is 33.4 Å². The number of amides is 6. The summed E-state index contributed by atoms with van der Waals surface area (Å²) in [6, 6.07) is 8.32. The lowest BCUT2D eigenvalue weighted by atomic mass is 9.89. The summed E-state index contributed by atoms with van der Waals surface area (Å²) >= 11 is 0. The van der Waals surface area contributed by atoms with Gasteiger partial charge in [0, 0.05) is 62.2 Å². The van der Waals surface area contributed by atoms with Gasteiger partial charge in [-0.05, 0) is 49.5 Å². The van der Waals surface area contributed by atoms with Crippen molar-refractivity contribution in [1.29, 1.82) is 0 Å². The standard InChI is InChI=1S/C46H82N6O7Si/c1-16-31(6)41(50(10)45(56)39(29(2)3)49-44(55)40(30(4)5)51(11)46(57)47-25-21-27-60(14)15)37(58-12)28-38(53)52-26-20-24-36(52)42(59-13)33(8)43(54)48-34(9)32(7)35-22-18-17-19-23-35/h17-19,22-23,29-34,36-37,39-42,60H,16,20-21,24-28H2,1-15H3,(H,47,57)(H,48,54)(H,49,55)/t31-,32+,33+,34+,36-,37+,39-,40-,41-,42+/m1/s1. The Hall–Kier alpha value is -3.49. The maximum atomic E-state index is 14.5. The van der Waals surface area contributed by atoms with E-state index in [2.05, 4.69) is 48.1 Å². The second-order valence-electron chi connectivity index (χ2n) is 18.4. The summed E-state index contributed by atoms with van der Waals surface area (Å²) < 4.78 is 12.1. The fraction of sp³-hybridized carbons (Fsp3) is 0.761. The first-order valence-electron chi connectivity index (χ1n) is 22.5. The minimum atomic E-state index is -0.882. The third-order valence-corrected chi connectivity index (χ3v) is 14.4. The number of benzene rings is 1. The number of carbonyl (C=O) groups is 5. The van der Waals surface area contributed by atoms with Gasteiger partial charge in [-0.2, -0.15) is 0 Å². The number of likely N-dealkylation sites (N-methyl/N-ethyl adjacent to an activating group) is 2. The molecule has 0 saturated carbocycles. The lowest BCUT2D eigenvalue weighted by molar-refractivity contribution is -0.148. The molecule has 1 aromatic rings. The predicted molar refractivity (Wildman–Crippen MR) is 243 cm³/mol. The van der Waals surface area contributed by atoms with Gasteiger partial charge in [0.1, 0.15) is 12.1 Å². The van der Waals surface area contributed by atoms with E-state index in [0.29, 0.717) is 19.5 Å². The van der Waals surface area contributed by atoms with Crippen LogP contribution in [0.3, 0.4) is 0 Å². The van der Waals surface area contributed by atoms with Crippen LogP contribution < -0.4 is 16.0 Å². The van der Waals surface area contributed by atoms with Crippen LogP contribution in [0.5, 0.6) is 0 Å². The maximum absolute atomic E-state index is 14.5. The lowest BCUT2D eigenvalue weighted by Gasteiger charge is -2.41. The van der Waals surface area contributed by atoms with Crippen LogP contribution in [-0.4, -0.2) is 137 Å². The minimum absolute atomic E-state index is 0.0235. The van der Waals surface area contributed by atoms with Crippen molar-refractivity contribution in [3.05, 3.63) is 35.9 Å².